The molecular weight excluding hydrogens is 426 g/mol. The van der Waals surface area contributed by atoms with E-state index in [-0.39, 0.29) is 17.2 Å². The van der Waals surface area contributed by atoms with Gasteiger partial charge < -0.3 is 9.84 Å². The number of benzene rings is 2. The van der Waals surface area contributed by atoms with E-state index in [4.69, 9.17) is 4.74 Å². The van der Waals surface area contributed by atoms with Crippen molar-refractivity contribution in [1.82, 2.24) is 14.5 Å². The maximum atomic E-state index is 12.8. The van der Waals surface area contributed by atoms with Gasteiger partial charge in [0, 0.05) is 30.8 Å². The van der Waals surface area contributed by atoms with Gasteiger partial charge >= 0.3 is 0 Å². The monoisotopic (exact) mass is 459 g/mol. The molecule has 0 bridgehead atoms. The van der Waals surface area contributed by atoms with Crippen molar-refractivity contribution in [2.75, 3.05) is 33.3 Å². The molecular formula is C24H33N3O4S. The number of hydrogen-bond donors (Lipinski definition) is 2. The molecule has 7 nitrogen and oxygen atoms in total. The quantitative estimate of drug-likeness (QED) is 0.600. The number of phenolic OH excluding ortho intramolecular Hbond substituents is 1. The Kier molecular flexibility index (Phi) is 7.35. The second-order valence-corrected chi connectivity index (χ2v) is 10.4. The molecule has 0 atom stereocenters. The van der Waals surface area contributed by atoms with Crippen LogP contribution < -0.4 is 9.46 Å². The van der Waals surface area contributed by atoms with E-state index in [1.54, 1.807) is 37.4 Å². The fraction of sp³-hybridized carbons (Fsp3) is 0.500. The Morgan fingerprint density at radius 2 is 1.53 bits per heavy atom. The number of methoxy groups -OCH3 is 1. The van der Waals surface area contributed by atoms with Crippen LogP contribution in [-0.4, -0.2) is 56.6 Å². The molecule has 0 aliphatic carbocycles. The van der Waals surface area contributed by atoms with Crippen LogP contribution in [0.15, 0.2) is 41.3 Å². The summed E-state index contributed by atoms with van der Waals surface area (Å²) >= 11 is 0. The number of nitrogens with one attached hydrogen (secondary N) is 1. The maximum Gasteiger partial charge on any atom is 0.240 e. The third kappa shape index (κ3) is 5.26. The Labute approximate surface area is 191 Å². The predicted octanol–water partition coefficient (Wildman–Crippen LogP) is 3.07. The summed E-state index contributed by atoms with van der Waals surface area (Å²) in [7, 11) is -2.07. The van der Waals surface area contributed by atoms with E-state index < -0.39 is 10.0 Å². The normalized spacial score (nSPS) is 17.8. The van der Waals surface area contributed by atoms with E-state index in [1.165, 1.54) is 12.8 Å². The molecule has 0 amide bonds. The number of phenols is 1. The minimum atomic E-state index is -3.65. The third-order valence-corrected chi connectivity index (χ3v) is 7.80. The Bertz CT molecular complexity index is 1020. The Morgan fingerprint density at radius 1 is 0.938 bits per heavy atom. The Balaban J connectivity index is 1.65. The molecule has 2 heterocycles. The van der Waals surface area contributed by atoms with Crippen molar-refractivity contribution in [3.05, 3.63) is 53.1 Å². The van der Waals surface area contributed by atoms with Crippen molar-refractivity contribution in [3.8, 4) is 11.5 Å². The van der Waals surface area contributed by atoms with E-state index in [0.717, 1.165) is 55.7 Å². The average Bonchev–Trinajstić information content (AvgIpc) is 3.50. The van der Waals surface area contributed by atoms with E-state index in [0.29, 0.717) is 18.8 Å². The molecule has 0 unspecified atom stereocenters. The molecule has 0 saturated carbocycles. The zero-order chi connectivity index (χ0) is 22.6. The van der Waals surface area contributed by atoms with Gasteiger partial charge in [0.05, 0.1) is 17.6 Å². The molecule has 2 aliphatic rings. The van der Waals surface area contributed by atoms with Crippen LogP contribution in [0.3, 0.4) is 0 Å². The van der Waals surface area contributed by atoms with Crippen LogP contribution in [0.25, 0.3) is 0 Å². The summed E-state index contributed by atoms with van der Waals surface area (Å²) in [5.74, 6) is 0.839. The first-order chi connectivity index (χ1) is 15.5. The number of ether oxygens (including phenoxy) is 1. The molecule has 0 radical (unpaired) electrons. The topological polar surface area (TPSA) is 82.1 Å². The zero-order valence-electron chi connectivity index (χ0n) is 18.7. The average molecular weight is 460 g/mol. The molecule has 2 aromatic carbocycles. The number of rotatable bonds is 9. The van der Waals surface area contributed by atoms with Crippen molar-refractivity contribution in [2.45, 2.75) is 50.2 Å². The van der Waals surface area contributed by atoms with Crippen LogP contribution in [0.4, 0.5) is 0 Å². The summed E-state index contributed by atoms with van der Waals surface area (Å²) in [6, 6.07) is 10.3. The maximum absolute atomic E-state index is 12.8. The number of hydrogen-bond acceptors (Lipinski definition) is 6. The highest BCUT2D eigenvalue weighted by Gasteiger charge is 2.25. The molecule has 0 spiro atoms. The highest BCUT2D eigenvalue weighted by atomic mass is 32.2. The fourth-order valence-corrected chi connectivity index (χ4v) is 5.72. The van der Waals surface area contributed by atoms with Gasteiger partial charge in [-0.15, -0.1) is 0 Å². The van der Waals surface area contributed by atoms with Gasteiger partial charge in [0.25, 0.3) is 0 Å². The first-order valence-corrected chi connectivity index (χ1v) is 12.9. The predicted molar refractivity (Wildman–Crippen MR) is 124 cm³/mol. The number of sulfonamides is 1. The molecule has 2 fully saturated rings. The van der Waals surface area contributed by atoms with Crippen LogP contribution in [-0.2, 0) is 29.7 Å². The van der Waals surface area contributed by atoms with E-state index in [9.17, 15) is 13.5 Å². The first-order valence-electron chi connectivity index (χ1n) is 11.4. The van der Waals surface area contributed by atoms with Crippen LogP contribution in [0, 0.1) is 0 Å². The van der Waals surface area contributed by atoms with Gasteiger partial charge in [0.1, 0.15) is 11.5 Å². The summed E-state index contributed by atoms with van der Waals surface area (Å²) in [5.41, 5.74) is 2.32. The molecule has 2 aromatic rings. The highest BCUT2D eigenvalue weighted by molar-refractivity contribution is 7.89. The van der Waals surface area contributed by atoms with Crippen LogP contribution in [0.5, 0.6) is 11.5 Å². The third-order valence-electron chi connectivity index (χ3n) is 6.39. The van der Waals surface area contributed by atoms with Crippen molar-refractivity contribution < 1.29 is 18.3 Å². The highest BCUT2D eigenvalue weighted by Crippen LogP contribution is 2.38. The van der Waals surface area contributed by atoms with Crippen LogP contribution in [0.2, 0.25) is 0 Å². The summed E-state index contributed by atoms with van der Waals surface area (Å²) in [4.78, 5) is 4.88. The first kappa shape index (κ1) is 23.0. The smallest absolute Gasteiger partial charge is 0.240 e. The van der Waals surface area contributed by atoms with Gasteiger partial charge in [-0.2, -0.15) is 0 Å². The molecule has 8 heteroatoms. The summed E-state index contributed by atoms with van der Waals surface area (Å²) in [5, 5.41) is 11.2. The second kappa shape index (κ2) is 10.2. The molecule has 174 valence electrons. The van der Waals surface area contributed by atoms with E-state index >= 15 is 0 Å². The van der Waals surface area contributed by atoms with Crippen LogP contribution in [0.1, 0.15) is 42.4 Å². The van der Waals surface area contributed by atoms with Gasteiger partial charge in [0.2, 0.25) is 10.0 Å². The zero-order valence-corrected chi connectivity index (χ0v) is 19.5. The molecule has 4 rings (SSSR count). The van der Waals surface area contributed by atoms with Crippen molar-refractivity contribution in [3.63, 3.8) is 0 Å². The van der Waals surface area contributed by atoms with Crippen molar-refractivity contribution in [1.29, 1.82) is 0 Å². The lowest BCUT2D eigenvalue weighted by atomic mass is 10.0. The largest absolute Gasteiger partial charge is 0.507 e. The van der Waals surface area contributed by atoms with Gasteiger partial charge in [-0.3, -0.25) is 9.80 Å². The number of likely N-dealkylation sites (tertiary alicyclic amines) is 2. The van der Waals surface area contributed by atoms with Crippen LogP contribution >= 0.6 is 0 Å². The Hall–Kier alpha value is -2.13. The molecule has 0 aromatic heterocycles. The lowest BCUT2D eigenvalue weighted by Gasteiger charge is -2.24. The van der Waals surface area contributed by atoms with E-state index in [2.05, 4.69) is 14.5 Å². The fourth-order valence-electron chi connectivity index (χ4n) is 4.69. The second-order valence-electron chi connectivity index (χ2n) is 8.66. The van der Waals surface area contributed by atoms with Gasteiger partial charge in [0.15, 0.2) is 0 Å². The Morgan fingerprint density at radius 3 is 2.12 bits per heavy atom. The van der Waals surface area contributed by atoms with Gasteiger partial charge in [-0.25, -0.2) is 13.1 Å². The number of aromatic hydroxyl groups is 1. The minimum Gasteiger partial charge on any atom is -0.507 e. The summed E-state index contributed by atoms with van der Waals surface area (Å²) in [6.07, 6.45) is 4.64. The van der Waals surface area contributed by atoms with Gasteiger partial charge in [-0.1, -0.05) is 18.2 Å². The van der Waals surface area contributed by atoms with Crippen molar-refractivity contribution in [2.24, 2.45) is 0 Å². The lowest BCUT2D eigenvalue weighted by Crippen LogP contribution is -2.25. The summed E-state index contributed by atoms with van der Waals surface area (Å²) in [6.45, 7) is 5.37. The standard InChI is InChI=1S/C24H33N3O4S/c1-31-24-19(16-25-32(29,30)21-9-3-2-4-10-21)15-20(17-26-11-5-6-12-26)23(28)22(24)18-27-13-7-8-14-27/h2-4,9-10,15,25,28H,5-8,11-14,16-18H2,1H3. The summed E-state index contributed by atoms with van der Waals surface area (Å²) < 4.78 is 34.0. The van der Waals surface area contributed by atoms with E-state index in [1.807, 2.05) is 6.07 Å². The molecule has 2 aliphatic heterocycles. The molecule has 2 N–H and O–H groups in total. The minimum absolute atomic E-state index is 0.0979. The van der Waals surface area contributed by atoms with Gasteiger partial charge in [-0.05, 0) is 70.1 Å². The lowest BCUT2D eigenvalue weighted by molar-refractivity contribution is 0.302. The SMILES string of the molecule is COc1c(CNS(=O)(=O)c2ccccc2)cc(CN2CCCC2)c(O)c1CN1CCCC1. The molecule has 2 saturated heterocycles. The van der Waals surface area contributed by atoms with Crippen molar-refractivity contribution >= 4 is 10.0 Å². The number of nitrogens with zero attached hydrogens (tertiary/aromatic N) is 2. The molecule has 32 heavy (non-hydrogen) atoms.